The molecule has 0 radical (unpaired) electrons. The van der Waals surface area contributed by atoms with Crippen molar-refractivity contribution in [3.8, 4) is 0 Å². The molecule has 0 unspecified atom stereocenters. The molecule has 0 N–H and O–H groups in total. The second-order valence-electron chi connectivity index (χ2n) is 5.80. The summed E-state index contributed by atoms with van der Waals surface area (Å²) in [5.41, 5.74) is 0. The Labute approximate surface area is 162 Å². The molecule has 0 aromatic heterocycles. The first-order valence-electron chi connectivity index (χ1n) is 10.4. The monoisotopic (exact) mass is 376 g/mol. The minimum atomic E-state index is -0.458. The van der Waals surface area contributed by atoms with Crippen LogP contribution in [0, 0.1) is 0 Å². The molecule has 0 spiro atoms. The molecule has 0 bridgehead atoms. The molecule has 0 rings (SSSR count). The van der Waals surface area contributed by atoms with E-state index >= 15 is 0 Å². The van der Waals surface area contributed by atoms with Crippen LogP contribution in [0.2, 0.25) is 0 Å². The lowest BCUT2D eigenvalue weighted by Gasteiger charge is -2.12. The summed E-state index contributed by atoms with van der Waals surface area (Å²) >= 11 is 0. The van der Waals surface area contributed by atoms with Crippen LogP contribution in [0.4, 0.5) is 0 Å². The molecule has 0 saturated heterocycles. The Balaban J connectivity index is 0. The van der Waals surface area contributed by atoms with Crippen LogP contribution in [0.25, 0.3) is 0 Å². The van der Waals surface area contributed by atoms with Crippen molar-refractivity contribution in [1.29, 1.82) is 0 Å². The SMILES string of the molecule is CCCOB(OCCC)OCCC.CCCOB(OCCC)OCCC. The van der Waals surface area contributed by atoms with Gasteiger partial charge in [-0.05, 0) is 38.5 Å². The third-order valence-corrected chi connectivity index (χ3v) is 2.75. The van der Waals surface area contributed by atoms with E-state index in [-0.39, 0.29) is 0 Å². The van der Waals surface area contributed by atoms with Crippen molar-refractivity contribution >= 4 is 14.6 Å². The van der Waals surface area contributed by atoms with E-state index in [2.05, 4.69) is 41.5 Å². The van der Waals surface area contributed by atoms with Gasteiger partial charge in [-0.15, -0.1) is 0 Å². The fourth-order valence-electron chi connectivity index (χ4n) is 1.57. The van der Waals surface area contributed by atoms with E-state index in [9.17, 15) is 0 Å². The molecule has 0 aliphatic carbocycles. The van der Waals surface area contributed by atoms with Crippen molar-refractivity contribution in [1.82, 2.24) is 0 Å². The van der Waals surface area contributed by atoms with Gasteiger partial charge in [0.15, 0.2) is 0 Å². The summed E-state index contributed by atoms with van der Waals surface area (Å²) < 4.78 is 32.1. The fourth-order valence-corrected chi connectivity index (χ4v) is 1.57. The maximum atomic E-state index is 5.35. The van der Waals surface area contributed by atoms with E-state index in [1.807, 2.05) is 0 Å². The van der Waals surface area contributed by atoms with Crippen molar-refractivity contribution in [2.45, 2.75) is 80.1 Å². The fraction of sp³-hybridized carbons (Fsp3) is 1.00. The van der Waals surface area contributed by atoms with E-state index in [0.717, 1.165) is 38.5 Å². The molecule has 0 aromatic rings. The zero-order valence-corrected chi connectivity index (χ0v) is 18.1. The molecule has 156 valence electrons. The van der Waals surface area contributed by atoms with E-state index in [4.69, 9.17) is 27.9 Å². The second kappa shape index (κ2) is 24.9. The van der Waals surface area contributed by atoms with Gasteiger partial charge in [0.05, 0.1) is 0 Å². The molecule has 0 aromatic carbocycles. The summed E-state index contributed by atoms with van der Waals surface area (Å²) in [6.07, 6.45) is 5.93. The number of rotatable bonds is 18. The Kier molecular flexibility index (Phi) is 26.9. The van der Waals surface area contributed by atoms with Gasteiger partial charge in [0.25, 0.3) is 0 Å². The van der Waals surface area contributed by atoms with Gasteiger partial charge in [-0.3, -0.25) is 0 Å². The summed E-state index contributed by atoms with van der Waals surface area (Å²) in [5, 5.41) is 0. The zero-order chi connectivity index (χ0) is 19.9. The van der Waals surface area contributed by atoms with Gasteiger partial charge in [-0.25, -0.2) is 0 Å². The van der Waals surface area contributed by atoms with Crippen LogP contribution in [0.5, 0.6) is 0 Å². The van der Waals surface area contributed by atoms with Gasteiger partial charge in [0.1, 0.15) is 0 Å². The zero-order valence-electron chi connectivity index (χ0n) is 18.1. The summed E-state index contributed by atoms with van der Waals surface area (Å²) in [7, 11) is -0.917. The predicted octanol–water partition coefficient (Wildman–Crippen LogP) is 4.50. The summed E-state index contributed by atoms with van der Waals surface area (Å²) in [4.78, 5) is 0. The summed E-state index contributed by atoms with van der Waals surface area (Å²) in [6, 6.07) is 0. The van der Waals surface area contributed by atoms with Crippen LogP contribution in [-0.4, -0.2) is 54.3 Å². The molecule has 0 fully saturated rings. The lowest BCUT2D eigenvalue weighted by molar-refractivity contribution is 0.0928. The van der Waals surface area contributed by atoms with Crippen molar-refractivity contribution in [3.63, 3.8) is 0 Å². The first-order valence-corrected chi connectivity index (χ1v) is 10.4. The highest BCUT2D eigenvalue weighted by Gasteiger charge is 2.20. The van der Waals surface area contributed by atoms with E-state index in [1.54, 1.807) is 0 Å². The van der Waals surface area contributed by atoms with Gasteiger partial charge in [-0.1, -0.05) is 41.5 Å². The molecule has 26 heavy (non-hydrogen) atoms. The highest BCUT2D eigenvalue weighted by molar-refractivity contribution is 6.36. The minimum Gasteiger partial charge on any atom is -0.386 e. The molecule has 0 aliphatic rings. The molecule has 0 aliphatic heterocycles. The van der Waals surface area contributed by atoms with E-state index in [1.165, 1.54) is 0 Å². The molecule has 8 heteroatoms. The normalized spacial score (nSPS) is 10.4. The standard InChI is InChI=1S/2C9H21BO3/c2*1-4-7-11-10(12-8-5-2)13-9-6-3/h2*4-9H2,1-3H3. The molecular weight excluding hydrogens is 334 g/mol. The number of hydrogen-bond donors (Lipinski definition) is 0. The quantitative estimate of drug-likeness (QED) is 0.328. The predicted molar refractivity (Wildman–Crippen MR) is 109 cm³/mol. The van der Waals surface area contributed by atoms with Gasteiger partial charge in [0.2, 0.25) is 0 Å². The van der Waals surface area contributed by atoms with Crippen LogP contribution in [0.15, 0.2) is 0 Å². The maximum absolute atomic E-state index is 5.35. The van der Waals surface area contributed by atoms with Crippen molar-refractivity contribution in [2.24, 2.45) is 0 Å². The largest absolute Gasteiger partial charge is 0.639 e. The van der Waals surface area contributed by atoms with Crippen molar-refractivity contribution in [3.05, 3.63) is 0 Å². The maximum Gasteiger partial charge on any atom is 0.639 e. The third-order valence-electron chi connectivity index (χ3n) is 2.75. The van der Waals surface area contributed by atoms with Gasteiger partial charge < -0.3 is 27.9 Å². The van der Waals surface area contributed by atoms with Crippen LogP contribution >= 0.6 is 0 Å². The minimum absolute atomic E-state index is 0.458. The van der Waals surface area contributed by atoms with E-state index < -0.39 is 14.6 Å². The first-order chi connectivity index (χ1) is 12.7. The van der Waals surface area contributed by atoms with Crippen LogP contribution in [-0.2, 0) is 27.9 Å². The Morgan fingerprint density at radius 3 is 0.615 bits per heavy atom. The Bertz CT molecular complexity index is 188. The van der Waals surface area contributed by atoms with Crippen molar-refractivity contribution in [2.75, 3.05) is 39.6 Å². The molecular formula is C18H42B2O6. The lowest BCUT2D eigenvalue weighted by Crippen LogP contribution is -2.28. The molecule has 0 amide bonds. The average molecular weight is 376 g/mol. The lowest BCUT2D eigenvalue weighted by atomic mass is 10.2. The topological polar surface area (TPSA) is 55.4 Å². The third kappa shape index (κ3) is 21.9. The van der Waals surface area contributed by atoms with Crippen molar-refractivity contribution < 1.29 is 27.9 Å². The van der Waals surface area contributed by atoms with Crippen LogP contribution < -0.4 is 0 Å². The molecule has 0 saturated carbocycles. The van der Waals surface area contributed by atoms with Crippen LogP contribution in [0.3, 0.4) is 0 Å². The first kappa shape index (κ1) is 28.1. The van der Waals surface area contributed by atoms with E-state index in [0.29, 0.717) is 39.6 Å². The van der Waals surface area contributed by atoms with Gasteiger partial charge in [0, 0.05) is 39.6 Å². The summed E-state index contributed by atoms with van der Waals surface area (Å²) in [5.74, 6) is 0. The highest BCUT2D eigenvalue weighted by atomic mass is 16.7. The average Bonchev–Trinajstić information content (AvgIpc) is 2.67. The molecule has 6 nitrogen and oxygen atoms in total. The highest BCUT2D eigenvalue weighted by Crippen LogP contribution is 1.97. The van der Waals surface area contributed by atoms with Gasteiger partial charge >= 0.3 is 14.6 Å². The number of hydrogen-bond acceptors (Lipinski definition) is 6. The second-order valence-corrected chi connectivity index (χ2v) is 5.80. The Morgan fingerprint density at radius 2 is 0.500 bits per heavy atom. The Morgan fingerprint density at radius 1 is 0.346 bits per heavy atom. The Hall–Kier alpha value is -0.110. The molecule has 0 atom stereocenters. The van der Waals surface area contributed by atoms with Crippen LogP contribution in [0.1, 0.15) is 80.1 Å². The molecule has 0 heterocycles. The summed E-state index contributed by atoms with van der Waals surface area (Å²) in [6.45, 7) is 16.6. The smallest absolute Gasteiger partial charge is 0.386 e. The van der Waals surface area contributed by atoms with Gasteiger partial charge in [-0.2, -0.15) is 0 Å².